The first-order chi connectivity index (χ1) is 9.74. The summed E-state index contributed by atoms with van der Waals surface area (Å²) in [4.78, 5) is 11.6. The van der Waals surface area contributed by atoms with Crippen molar-refractivity contribution in [3.8, 4) is 0 Å². The summed E-state index contributed by atoms with van der Waals surface area (Å²) in [5.74, 6) is -0.186. The van der Waals surface area contributed by atoms with Crippen LogP contribution in [0.4, 0.5) is 9.18 Å². The van der Waals surface area contributed by atoms with Crippen molar-refractivity contribution >= 4 is 6.09 Å². The highest BCUT2D eigenvalue weighted by molar-refractivity contribution is 5.68. The predicted octanol–water partition coefficient (Wildman–Crippen LogP) is 2.89. The van der Waals surface area contributed by atoms with Gasteiger partial charge >= 0.3 is 6.09 Å². The topological polar surface area (TPSA) is 50.4 Å². The Labute approximate surface area is 125 Å². The van der Waals surface area contributed by atoms with Crippen LogP contribution in [0, 0.1) is 12.7 Å². The molecule has 2 rings (SSSR count). The van der Waals surface area contributed by atoms with Crippen LogP contribution in [0.3, 0.4) is 0 Å². The molecule has 1 aromatic rings. The molecule has 1 amide bonds. The molecule has 0 radical (unpaired) electrons. The molecule has 21 heavy (non-hydrogen) atoms. The minimum atomic E-state index is -0.479. The van der Waals surface area contributed by atoms with Gasteiger partial charge in [0.05, 0.1) is 0 Å². The molecule has 4 nitrogen and oxygen atoms in total. The average Bonchev–Trinajstić information content (AvgIpc) is 3.06. The fraction of sp³-hybridized carbons (Fsp3) is 0.562. The number of alkyl carbamates (subject to hydrolysis) is 1. The zero-order chi connectivity index (χ0) is 15.6. The quantitative estimate of drug-likeness (QED) is 0.897. The van der Waals surface area contributed by atoms with Gasteiger partial charge in [-0.1, -0.05) is 12.1 Å². The van der Waals surface area contributed by atoms with Gasteiger partial charge in [-0.2, -0.15) is 0 Å². The minimum absolute atomic E-state index is 0.112. The second-order valence-electron chi connectivity index (χ2n) is 6.56. The molecule has 0 aromatic heterocycles. The summed E-state index contributed by atoms with van der Waals surface area (Å²) in [6, 6.07) is 5.45. The summed E-state index contributed by atoms with van der Waals surface area (Å²) in [6.07, 6.45) is 0.508. The van der Waals surface area contributed by atoms with Crippen LogP contribution < -0.4 is 10.6 Å². The van der Waals surface area contributed by atoms with Crippen LogP contribution >= 0.6 is 0 Å². The minimum Gasteiger partial charge on any atom is -0.444 e. The number of nitrogens with one attached hydrogen (secondary N) is 2. The van der Waals surface area contributed by atoms with Crippen LogP contribution in [0.1, 0.15) is 38.3 Å². The Bertz CT molecular complexity index is 525. The van der Waals surface area contributed by atoms with E-state index in [0.29, 0.717) is 12.1 Å². The molecule has 2 N–H and O–H groups in total. The molecule has 0 heterocycles. The van der Waals surface area contributed by atoms with Crippen molar-refractivity contribution < 1.29 is 13.9 Å². The maximum Gasteiger partial charge on any atom is 0.407 e. The van der Waals surface area contributed by atoms with Gasteiger partial charge in [0.25, 0.3) is 0 Å². The van der Waals surface area contributed by atoms with Crippen LogP contribution in [0.5, 0.6) is 0 Å². The number of carbonyl (C=O) groups excluding carboxylic acids is 1. The molecule has 1 fully saturated rings. The van der Waals surface area contributed by atoms with E-state index in [4.69, 9.17) is 4.74 Å². The lowest BCUT2D eigenvalue weighted by Gasteiger charge is -2.19. The molecule has 0 aliphatic heterocycles. The highest BCUT2D eigenvalue weighted by atomic mass is 19.1. The lowest BCUT2D eigenvalue weighted by Crippen LogP contribution is -2.36. The van der Waals surface area contributed by atoms with E-state index in [2.05, 4.69) is 10.6 Å². The first-order valence-electron chi connectivity index (χ1n) is 7.22. The second kappa shape index (κ2) is 6.02. The fourth-order valence-electron chi connectivity index (χ4n) is 2.10. The second-order valence-corrected chi connectivity index (χ2v) is 6.56. The van der Waals surface area contributed by atoms with E-state index in [1.54, 1.807) is 13.0 Å². The van der Waals surface area contributed by atoms with E-state index in [-0.39, 0.29) is 24.0 Å². The van der Waals surface area contributed by atoms with E-state index in [1.165, 1.54) is 6.07 Å². The van der Waals surface area contributed by atoms with Crippen molar-refractivity contribution in [2.75, 3.05) is 0 Å². The summed E-state index contributed by atoms with van der Waals surface area (Å²) >= 11 is 0. The van der Waals surface area contributed by atoms with Crippen LogP contribution in [0.2, 0.25) is 0 Å². The van der Waals surface area contributed by atoms with E-state index in [0.717, 1.165) is 12.0 Å². The number of benzene rings is 1. The number of hydrogen-bond acceptors (Lipinski definition) is 3. The smallest absolute Gasteiger partial charge is 0.407 e. The highest BCUT2D eigenvalue weighted by Gasteiger charge is 2.38. The Balaban J connectivity index is 1.72. The molecule has 2 atom stereocenters. The third-order valence-electron chi connectivity index (χ3n) is 3.28. The first kappa shape index (κ1) is 15.8. The fourth-order valence-corrected chi connectivity index (χ4v) is 2.10. The molecule has 0 spiro atoms. The third-order valence-corrected chi connectivity index (χ3v) is 3.28. The summed E-state index contributed by atoms with van der Waals surface area (Å²) in [5, 5.41) is 6.18. The monoisotopic (exact) mass is 294 g/mol. The van der Waals surface area contributed by atoms with Crippen LogP contribution in [0.25, 0.3) is 0 Å². The van der Waals surface area contributed by atoms with E-state index in [1.807, 2.05) is 26.8 Å². The van der Waals surface area contributed by atoms with Gasteiger partial charge < -0.3 is 15.4 Å². The van der Waals surface area contributed by atoms with Gasteiger partial charge in [0, 0.05) is 18.6 Å². The van der Waals surface area contributed by atoms with E-state index in [9.17, 15) is 9.18 Å². The predicted molar refractivity (Wildman–Crippen MR) is 79.5 cm³/mol. The molecule has 2 unspecified atom stereocenters. The van der Waals surface area contributed by atoms with Gasteiger partial charge in [-0.05, 0) is 51.3 Å². The number of carbonyl (C=O) groups is 1. The van der Waals surface area contributed by atoms with Gasteiger partial charge in [0.2, 0.25) is 0 Å². The zero-order valence-electron chi connectivity index (χ0n) is 13.0. The van der Waals surface area contributed by atoms with Gasteiger partial charge in [-0.3, -0.25) is 0 Å². The number of rotatable bonds is 4. The van der Waals surface area contributed by atoms with E-state index < -0.39 is 5.60 Å². The highest BCUT2D eigenvalue weighted by Crippen LogP contribution is 2.22. The SMILES string of the molecule is Cc1cc(CNC2CC2NC(=O)OC(C)(C)C)ccc1F. The molecule has 0 bridgehead atoms. The van der Waals surface area contributed by atoms with Crippen molar-refractivity contribution in [3.63, 3.8) is 0 Å². The summed E-state index contributed by atoms with van der Waals surface area (Å²) in [6.45, 7) is 7.94. The Hall–Kier alpha value is -1.62. The zero-order valence-corrected chi connectivity index (χ0v) is 13.0. The largest absolute Gasteiger partial charge is 0.444 e. The Kier molecular flexibility index (Phi) is 4.52. The Morgan fingerprint density at radius 1 is 1.38 bits per heavy atom. The number of amides is 1. The maximum atomic E-state index is 13.2. The molecule has 1 saturated carbocycles. The first-order valence-corrected chi connectivity index (χ1v) is 7.22. The molecule has 5 heteroatoms. The van der Waals surface area contributed by atoms with Crippen molar-refractivity contribution in [2.24, 2.45) is 0 Å². The summed E-state index contributed by atoms with van der Waals surface area (Å²) < 4.78 is 18.4. The Morgan fingerprint density at radius 2 is 2.10 bits per heavy atom. The molecular weight excluding hydrogens is 271 g/mol. The number of ether oxygens (including phenoxy) is 1. The number of aryl methyl sites for hydroxylation is 1. The third kappa shape index (κ3) is 5.01. The van der Waals surface area contributed by atoms with E-state index >= 15 is 0 Å². The number of halogens is 1. The normalized spacial score (nSPS) is 21.0. The molecule has 0 saturated heterocycles. The maximum absolute atomic E-state index is 13.2. The van der Waals surface area contributed by atoms with Crippen molar-refractivity contribution in [2.45, 2.75) is 58.3 Å². The molecule has 116 valence electrons. The summed E-state index contributed by atoms with van der Waals surface area (Å²) in [5.41, 5.74) is 1.21. The molecule has 1 aliphatic rings. The van der Waals surface area contributed by atoms with Gasteiger partial charge in [-0.15, -0.1) is 0 Å². The number of hydrogen-bond donors (Lipinski definition) is 2. The van der Waals surface area contributed by atoms with Crippen molar-refractivity contribution in [3.05, 3.63) is 35.1 Å². The molecule has 1 aliphatic carbocycles. The van der Waals surface area contributed by atoms with Crippen molar-refractivity contribution in [1.29, 1.82) is 0 Å². The van der Waals surface area contributed by atoms with Gasteiger partial charge in [0.1, 0.15) is 11.4 Å². The summed E-state index contributed by atoms with van der Waals surface area (Å²) in [7, 11) is 0. The molecule has 1 aromatic carbocycles. The van der Waals surface area contributed by atoms with Crippen molar-refractivity contribution in [1.82, 2.24) is 10.6 Å². The lowest BCUT2D eigenvalue weighted by molar-refractivity contribution is 0.0522. The van der Waals surface area contributed by atoms with Crippen LogP contribution in [-0.2, 0) is 11.3 Å². The van der Waals surface area contributed by atoms with Gasteiger partial charge in [0.15, 0.2) is 0 Å². The Morgan fingerprint density at radius 3 is 2.71 bits per heavy atom. The lowest BCUT2D eigenvalue weighted by atomic mass is 10.1. The average molecular weight is 294 g/mol. The van der Waals surface area contributed by atoms with Gasteiger partial charge in [-0.25, -0.2) is 9.18 Å². The van der Waals surface area contributed by atoms with Crippen LogP contribution in [-0.4, -0.2) is 23.8 Å². The standard InChI is InChI=1S/C16H23FN2O2/c1-10-7-11(5-6-12(10)17)9-18-13-8-14(13)19-15(20)21-16(2,3)4/h5-7,13-14,18H,8-9H2,1-4H3,(H,19,20). The van der Waals surface area contributed by atoms with Crippen LogP contribution in [0.15, 0.2) is 18.2 Å². The molecular formula is C16H23FN2O2.